The maximum atomic E-state index is 13.1. The number of aromatic nitrogens is 1. The van der Waals surface area contributed by atoms with Gasteiger partial charge in [-0.15, -0.1) is 0 Å². The average Bonchev–Trinajstić information content (AvgIpc) is 2.80. The molecule has 2 aliphatic heterocycles. The normalized spacial score (nSPS) is 17.3. The Morgan fingerprint density at radius 3 is 2.45 bits per heavy atom. The standard InChI is InChI=1S/C23H30N4O2/c1-25(18-19-7-9-20(10-8-19)26-12-3-2-4-13-26)23(28)21-6-5-11-24-22(21)27-14-16-29-17-15-27/h5-11H,2-4,12-18H2,1H3. The number of carbonyl (C=O) groups is 1. The molecule has 154 valence electrons. The number of benzene rings is 1. The minimum absolute atomic E-state index is 0.000279. The lowest BCUT2D eigenvalue weighted by molar-refractivity contribution is 0.0784. The summed E-state index contributed by atoms with van der Waals surface area (Å²) in [6, 6.07) is 12.3. The zero-order valence-electron chi connectivity index (χ0n) is 17.2. The van der Waals surface area contributed by atoms with Crippen LogP contribution in [0.25, 0.3) is 0 Å². The molecule has 0 spiro atoms. The molecule has 0 bridgehead atoms. The Bertz CT molecular complexity index is 812. The lowest BCUT2D eigenvalue weighted by Gasteiger charge is -2.30. The molecule has 2 aliphatic rings. The zero-order chi connectivity index (χ0) is 20.1. The van der Waals surface area contributed by atoms with E-state index in [0.717, 1.165) is 37.6 Å². The second-order valence-electron chi connectivity index (χ2n) is 7.85. The minimum Gasteiger partial charge on any atom is -0.378 e. The van der Waals surface area contributed by atoms with Crippen molar-refractivity contribution >= 4 is 17.4 Å². The number of morpholine rings is 1. The van der Waals surface area contributed by atoms with Crippen molar-refractivity contribution < 1.29 is 9.53 Å². The molecule has 29 heavy (non-hydrogen) atoms. The van der Waals surface area contributed by atoms with Crippen molar-refractivity contribution in [1.29, 1.82) is 0 Å². The van der Waals surface area contributed by atoms with Gasteiger partial charge in [0, 0.05) is 51.7 Å². The first kappa shape index (κ1) is 19.7. The number of piperidine rings is 1. The molecule has 0 atom stereocenters. The van der Waals surface area contributed by atoms with Gasteiger partial charge in [-0.1, -0.05) is 12.1 Å². The molecule has 0 radical (unpaired) electrons. The van der Waals surface area contributed by atoms with Gasteiger partial charge in [0.15, 0.2) is 0 Å². The highest BCUT2D eigenvalue weighted by atomic mass is 16.5. The van der Waals surface area contributed by atoms with Gasteiger partial charge in [-0.2, -0.15) is 0 Å². The second-order valence-corrected chi connectivity index (χ2v) is 7.85. The summed E-state index contributed by atoms with van der Waals surface area (Å²) in [5.74, 6) is 0.757. The van der Waals surface area contributed by atoms with E-state index in [0.29, 0.717) is 25.3 Å². The Kier molecular flexibility index (Phi) is 6.30. The number of rotatable bonds is 5. The third-order valence-electron chi connectivity index (χ3n) is 5.75. The van der Waals surface area contributed by atoms with Crippen molar-refractivity contribution in [3.05, 3.63) is 53.7 Å². The molecule has 6 heteroatoms. The minimum atomic E-state index is -0.000279. The van der Waals surface area contributed by atoms with Crippen LogP contribution >= 0.6 is 0 Å². The summed E-state index contributed by atoms with van der Waals surface area (Å²) in [4.78, 5) is 24.0. The number of hydrogen-bond acceptors (Lipinski definition) is 5. The highest BCUT2D eigenvalue weighted by Gasteiger charge is 2.22. The molecule has 3 heterocycles. The van der Waals surface area contributed by atoms with Crippen LogP contribution in [0.2, 0.25) is 0 Å². The maximum Gasteiger partial charge on any atom is 0.257 e. The number of hydrogen-bond donors (Lipinski definition) is 0. The van der Waals surface area contributed by atoms with Crippen LogP contribution in [0.15, 0.2) is 42.6 Å². The molecular weight excluding hydrogens is 364 g/mol. The quantitative estimate of drug-likeness (QED) is 0.780. The average molecular weight is 395 g/mol. The fourth-order valence-electron chi connectivity index (χ4n) is 4.11. The monoisotopic (exact) mass is 394 g/mol. The zero-order valence-corrected chi connectivity index (χ0v) is 17.2. The van der Waals surface area contributed by atoms with Crippen LogP contribution < -0.4 is 9.80 Å². The molecule has 1 amide bonds. The highest BCUT2D eigenvalue weighted by molar-refractivity contribution is 5.98. The predicted octanol–water partition coefficient (Wildman–Crippen LogP) is 3.18. The van der Waals surface area contributed by atoms with E-state index in [2.05, 4.69) is 39.0 Å². The van der Waals surface area contributed by atoms with Crippen LogP contribution in [0.5, 0.6) is 0 Å². The van der Waals surface area contributed by atoms with E-state index in [1.807, 2.05) is 19.2 Å². The lowest BCUT2D eigenvalue weighted by atomic mass is 10.1. The molecule has 1 aromatic carbocycles. The van der Waals surface area contributed by atoms with Gasteiger partial charge in [-0.3, -0.25) is 4.79 Å². The molecular formula is C23H30N4O2. The Balaban J connectivity index is 1.43. The van der Waals surface area contributed by atoms with E-state index in [1.165, 1.54) is 24.9 Å². The van der Waals surface area contributed by atoms with Crippen LogP contribution in [0, 0.1) is 0 Å². The van der Waals surface area contributed by atoms with Gasteiger partial charge in [0.1, 0.15) is 5.82 Å². The van der Waals surface area contributed by atoms with E-state index in [1.54, 1.807) is 11.1 Å². The van der Waals surface area contributed by atoms with Gasteiger partial charge >= 0.3 is 0 Å². The first-order valence-electron chi connectivity index (χ1n) is 10.6. The van der Waals surface area contributed by atoms with Gasteiger partial charge < -0.3 is 19.4 Å². The van der Waals surface area contributed by atoms with Gasteiger partial charge in [-0.05, 0) is 49.1 Å². The highest BCUT2D eigenvalue weighted by Crippen LogP contribution is 2.23. The third kappa shape index (κ3) is 4.70. The summed E-state index contributed by atoms with van der Waals surface area (Å²) in [6.45, 7) is 5.73. The van der Waals surface area contributed by atoms with E-state index in [9.17, 15) is 4.79 Å². The fraction of sp³-hybridized carbons (Fsp3) is 0.478. The van der Waals surface area contributed by atoms with Gasteiger partial charge in [0.2, 0.25) is 0 Å². The molecule has 1 aromatic heterocycles. The Hall–Kier alpha value is -2.60. The summed E-state index contributed by atoms with van der Waals surface area (Å²) in [6.07, 6.45) is 5.63. The number of amides is 1. The smallest absolute Gasteiger partial charge is 0.257 e. The largest absolute Gasteiger partial charge is 0.378 e. The Labute approximate surface area is 173 Å². The number of pyridine rings is 1. The number of nitrogens with zero attached hydrogens (tertiary/aromatic N) is 4. The van der Waals surface area contributed by atoms with E-state index in [-0.39, 0.29) is 5.91 Å². The van der Waals surface area contributed by atoms with Crippen LogP contribution in [0.3, 0.4) is 0 Å². The number of carbonyl (C=O) groups excluding carboxylic acids is 1. The van der Waals surface area contributed by atoms with Crippen molar-refractivity contribution in [2.45, 2.75) is 25.8 Å². The van der Waals surface area contributed by atoms with Crippen molar-refractivity contribution in [1.82, 2.24) is 9.88 Å². The fourth-order valence-corrected chi connectivity index (χ4v) is 4.11. The summed E-state index contributed by atoms with van der Waals surface area (Å²) in [5, 5.41) is 0. The summed E-state index contributed by atoms with van der Waals surface area (Å²) in [5.41, 5.74) is 3.07. The third-order valence-corrected chi connectivity index (χ3v) is 5.75. The van der Waals surface area contributed by atoms with E-state index >= 15 is 0 Å². The lowest BCUT2D eigenvalue weighted by Crippen LogP contribution is -2.38. The van der Waals surface area contributed by atoms with Gasteiger partial charge in [0.25, 0.3) is 5.91 Å². The number of anilines is 2. The van der Waals surface area contributed by atoms with Crippen LogP contribution in [-0.2, 0) is 11.3 Å². The molecule has 6 nitrogen and oxygen atoms in total. The predicted molar refractivity (Wildman–Crippen MR) is 116 cm³/mol. The Morgan fingerprint density at radius 2 is 1.72 bits per heavy atom. The number of ether oxygens (including phenoxy) is 1. The molecule has 2 fully saturated rings. The van der Waals surface area contributed by atoms with Crippen LogP contribution in [0.4, 0.5) is 11.5 Å². The van der Waals surface area contributed by atoms with Crippen molar-refractivity contribution in [2.75, 3.05) is 56.2 Å². The van der Waals surface area contributed by atoms with E-state index in [4.69, 9.17) is 4.74 Å². The first-order chi connectivity index (χ1) is 14.2. The van der Waals surface area contributed by atoms with Crippen molar-refractivity contribution in [3.63, 3.8) is 0 Å². The molecule has 0 unspecified atom stereocenters. The Morgan fingerprint density at radius 1 is 1.00 bits per heavy atom. The van der Waals surface area contributed by atoms with Crippen molar-refractivity contribution in [2.24, 2.45) is 0 Å². The molecule has 0 N–H and O–H groups in total. The molecule has 2 aromatic rings. The van der Waals surface area contributed by atoms with Gasteiger partial charge in [-0.25, -0.2) is 4.98 Å². The summed E-state index contributed by atoms with van der Waals surface area (Å²) < 4.78 is 5.43. The second kappa shape index (κ2) is 9.27. The van der Waals surface area contributed by atoms with Gasteiger partial charge in [0.05, 0.1) is 18.8 Å². The summed E-state index contributed by atoms with van der Waals surface area (Å²) in [7, 11) is 1.86. The van der Waals surface area contributed by atoms with E-state index < -0.39 is 0 Å². The first-order valence-corrected chi connectivity index (χ1v) is 10.6. The molecule has 0 aliphatic carbocycles. The maximum absolute atomic E-state index is 13.1. The van der Waals surface area contributed by atoms with Crippen LogP contribution in [0.1, 0.15) is 35.2 Å². The molecule has 2 saturated heterocycles. The SMILES string of the molecule is CN(Cc1ccc(N2CCCCC2)cc1)C(=O)c1cccnc1N1CCOCC1. The molecule has 4 rings (SSSR count). The van der Waals surface area contributed by atoms with Crippen LogP contribution in [-0.4, -0.2) is 62.2 Å². The summed E-state index contributed by atoms with van der Waals surface area (Å²) >= 11 is 0. The van der Waals surface area contributed by atoms with Crippen molar-refractivity contribution in [3.8, 4) is 0 Å². The topological polar surface area (TPSA) is 48.9 Å². The molecule has 0 saturated carbocycles.